The molecule has 0 radical (unpaired) electrons. The molecule has 1 aliphatic carbocycles. The van der Waals surface area contributed by atoms with E-state index < -0.39 is 5.60 Å². The van der Waals surface area contributed by atoms with Gasteiger partial charge in [-0.2, -0.15) is 0 Å². The molecule has 16 heavy (non-hydrogen) atoms. The highest BCUT2D eigenvalue weighted by Gasteiger charge is 2.26. The van der Waals surface area contributed by atoms with E-state index in [1.165, 1.54) is 0 Å². The fourth-order valence-corrected chi connectivity index (χ4v) is 2.35. The third-order valence-corrected chi connectivity index (χ3v) is 3.03. The molecule has 1 saturated carbocycles. The van der Waals surface area contributed by atoms with Crippen molar-refractivity contribution >= 4 is 5.91 Å². The van der Waals surface area contributed by atoms with Crippen molar-refractivity contribution in [1.82, 2.24) is 10.2 Å². The minimum absolute atomic E-state index is 0.108. The summed E-state index contributed by atoms with van der Waals surface area (Å²) in [5.74, 6) is 0.284. The zero-order valence-corrected chi connectivity index (χ0v) is 10.6. The van der Waals surface area contributed by atoms with Crippen LogP contribution >= 0.6 is 0 Å². The summed E-state index contributed by atoms with van der Waals surface area (Å²) in [5.41, 5.74) is -0.849. The first-order valence-electron chi connectivity index (χ1n) is 6.05. The molecule has 4 nitrogen and oxygen atoms in total. The van der Waals surface area contributed by atoms with Crippen molar-refractivity contribution in [2.24, 2.45) is 5.92 Å². The molecule has 1 atom stereocenters. The molecular formula is C12H24N2O2. The maximum Gasteiger partial charge on any atom is 0.223 e. The van der Waals surface area contributed by atoms with E-state index in [1.54, 1.807) is 6.92 Å². The van der Waals surface area contributed by atoms with Crippen LogP contribution in [-0.2, 0) is 4.79 Å². The van der Waals surface area contributed by atoms with Gasteiger partial charge in [0, 0.05) is 19.0 Å². The zero-order chi connectivity index (χ0) is 12.2. The molecule has 1 aliphatic rings. The number of hydrogen-bond donors (Lipinski definition) is 2. The number of likely N-dealkylation sites (N-methyl/N-ethyl adjacent to an activating group) is 1. The van der Waals surface area contributed by atoms with Crippen molar-refractivity contribution in [1.29, 1.82) is 0 Å². The molecule has 0 aromatic heterocycles. The Hall–Kier alpha value is -0.610. The number of carbonyl (C=O) groups excluding carboxylic acids is 1. The van der Waals surface area contributed by atoms with Crippen LogP contribution in [0.3, 0.4) is 0 Å². The summed E-state index contributed by atoms with van der Waals surface area (Å²) in [7, 11) is 3.82. The quantitative estimate of drug-likeness (QED) is 0.725. The van der Waals surface area contributed by atoms with Crippen LogP contribution < -0.4 is 5.32 Å². The molecule has 4 heteroatoms. The first kappa shape index (κ1) is 13.5. The van der Waals surface area contributed by atoms with Crippen LogP contribution in [0.4, 0.5) is 0 Å². The lowest BCUT2D eigenvalue weighted by Crippen LogP contribution is -2.48. The molecule has 0 aromatic rings. The summed E-state index contributed by atoms with van der Waals surface area (Å²) in [4.78, 5) is 13.7. The summed E-state index contributed by atoms with van der Waals surface area (Å²) in [6, 6.07) is 0. The normalized spacial score (nSPS) is 21.1. The Morgan fingerprint density at radius 2 is 2.00 bits per heavy atom. The van der Waals surface area contributed by atoms with Gasteiger partial charge in [0.2, 0.25) is 5.91 Å². The minimum Gasteiger partial charge on any atom is -0.387 e. The second kappa shape index (κ2) is 5.64. The standard InChI is InChI=1S/C12H24N2O2/c1-12(16,9-14(2)3)8-13-11(15)10-6-4-5-7-10/h10,16H,4-9H2,1-3H3,(H,13,15). The summed E-state index contributed by atoms with van der Waals surface area (Å²) in [5, 5.41) is 12.9. The van der Waals surface area contributed by atoms with Crippen molar-refractivity contribution in [3.63, 3.8) is 0 Å². The van der Waals surface area contributed by atoms with Gasteiger partial charge in [0.05, 0.1) is 5.60 Å². The first-order valence-corrected chi connectivity index (χ1v) is 6.05. The van der Waals surface area contributed by atoms with E-state index in [2.05, 4.69) is 5.32 Å². The number of nitrogens with zero attached hydrogens (tertiary/aromatic N) is 1. The molecule has 0 aromatic carbocycles. The molecule has 0 heterocycles. The van der Waals surface area contributed by atoms with E-state index in [9.17, 15) is 9.90 Å². The van der Waals surface area contributed by atoms with Gasteiger partial charge in [0.25, 0.3) is 0 Å². The highest BCUT2D eigenvalue weighted by atomic mass is 16.3. The van der Waals surface area contributed by atoms with Crippen LogP contribution in [0.2, 0.25) is 0 Å². The molecule has 1 rings (SSSR count). The van der Waals surface area contributed by atoms with E-state index >= 15 is 0 Å². The molecule has 0 saturated heterocycles. The number of hydrogen-bond acceptors (Lipinski definition) is 3. The first-order chi connectivity index (χ1) is 7.41. The predicted octanol–water partition coefficient (Wildman–Crippen LogP) is 0.605. The lowest BCUT2D eigenvalue weighted by molar-refractivity contribution is -0.126. The number of carbonyl (C=O) groups is 1. The van der Waals surface area contributed by atoms with Crippen molar-refractivity contribution in [2.75, 3.05) is 27.2 Å². The van der Waals surface area contributed by atoms with Crippen molar-refractivity contribution in [2.45, 2.75) is 38.2 Å². The second-order valence-electron chi connectivity index (χ2n) is 5.43. The molecule has 0 bridgehead atoms. The van der Waals surface area contributed by atoms with E-state index in [4.69, 9.17) is 0 Å². The Morgan fingerprint density at radius 1 is 1.44 bits per heavy atom. The Bertz CT molecular complexity index is 233. The van der Waals surface area contributed by atoms with Crippen LogP contribution in [0.5, 0.6) is 0 Å². The minimum atomic E-state index is -0.849. The molecule has 1 unspecified atom stereocenters. The molecule has 94 valence electrons. The Balaban J connectivity index is 2.29. The average molecular weight is 228 g/mol. The van der Waals surface area contributed by atoms with Crippen molar-refractivity contribution < 1.29 is 9.90 Å². The van der Waals surface area contributed by atoms with E-state index in [0.717, 1.165) is 25.7 Å². The van der Waals surface area contributed by atoms with E-state index in [1.807, 2.05) is 19.0 Å². The van der Waals surface area contributed by atoms with Gasteiger partial charge in [-0.3, -0.25) is 4.79 Å². The lowest BCUT2D eigenvalue weighted by Gasteiger charge is -2.27. The largest absolute Gasteiger partial charge is 0.387 e. The highest BCUT2D eigenvalue weighted by Crippen LogP contribution is 2.24. The van der Waals surface area contributed by atoms with Crippen LogP contribution in [0.1, 0.15) is 32.6 Å². The topological polar surface area (TPSA) is 52.6 Å². The number of amides is 1. The van der Waals surface area contributed by atoms with Gasteiger partial charge < -0.3 is 15.3 Å². The zero-order valence-electron chi connectivity index (χ0n) is 10.6. The van der Waals surface area contributed by atoms with Gasteiger partial charge in [-0.25, -0.2) is 0 Å². The Kier molecular flexibility index (Phi) is 4.74. The van der Waals surface area contributed by atoms with Crippen LogP contribution in [0, 0.1) is 5.92 Å². The van der Waals surface area contributed by atoms with Gasteiger partial charge in [0.15, 0.2) is 0 Å². The second-order valence-corrected chi connectivity index (χ2v) is 5.43. The predicted molar refractivity (Wildman–Crippen MR) is 64.1 cm³/mol. The van der Waals surface area contributed by atoms with Gasteiger partial charge in [-0.1, -0.05) is 12.8 Å². The van der Waals surface area contributed by atoms with Gasteiger partial charge in [0.1, 0.15) is 0 Å². The lowest BCUT2D eigenvalue weighted by atomic mass is 10.0. The Morgan fingerprint density at radius 3 is 2.50 bits per heavy atom. The van der Waals surface area contributed by atoms with Crippen LogP contribution in [0.25, 0.3) is 0 Å². The smallest absolute Gasteiger partial charge is 0.223 e. The van der Waals surface area contributed by atoms with Gasteiger partial charge in [-0.05, 0) is 33.9 Å². The fraction of sp³-hybridized carbons (Fsp3) is 0.917. The molecule has 0 aliphatic heterocycles. The monoisotopic (exact) mass is 228 g/mol. The van der Waals surface area contributed by atoms with Gasteiger partial charge >= 0.3 is 0 Å². The average Bonchev–Trinajstić information content (AvgIpc) is 2.64. The summed E-state index contributed by atoms with van der Waals surface area (Å²) in [6.45, 7) is 2.64. The molecule has 0 spiro atoms. The Labute approximate surface area is 98.0 Å². The van der Waals surface area contributed by atoms with Crippen molar-refractivity contribution in [3.8, 4) is 0 Å². The van der Waals surface area contributed by atoms with Crippen LogP contribution in [0.15, 0.2) is 0 Å². The summed E-state index contributed by atoms with van der Waals surface area (Å²) < 4.78 is 0. The molecule has 1 amide bonds. The number of rotatable bonds is 5. The van der Waals surface area contributed by atoms with Crippen LogP contribution in [-0.4, -0.2) is 48.7 Å². The fourth-order valence-electron chi connectivity index (χ4n) is 2.35. The summed E-state index contributed by atoms with van der Waals surface area (Å²) >= 11 is 0. The van der Waals surface area contributed by atoms with E-state index in [-0.39, 0.29) is 11.8 Å². The summed E-state index contributed by atoms with van der Waals surface area (Å²) in [6.07, 6.45) is 4.32. The van der Waals surface area contributed by atoms with E-state index in [0.29, 0.717) is 13.1 Å². The highest BCUT2D eigenvalue weighted by molar-refractivity contribution is 5.78. The molecular weight excluding hydrogens is 204 g/mol. The van der Waals surface area contributed by atoms with Crippen molar-refractivity contribution in [3.05, 3.63) is 0 Å². The maximum atomic E-state index is 11.7. The third-order valence-electron chi connectivity index (χ3n) is 3.03. The number of nitrogens with one attached hydrogen (secondary N) is 1. The molecule has 1 fully saturated rings. The third kappa shape index (κ3) is 4.49. The molecule has 2 N–H and O–H groups in total. The SMILES string of the molecule is CN(C)CC(C)(O)CNC(=O)C1CCCC1. The van der Waals surface area contributed by atoms with Gasteiger partial charge in [-0.15, -0.1) is 0 Å². The maximum absolute atomic E-state index is 11.7. The number of aliphatic hydroxyl groups is 1.